The second-order valence-electron chi connectivity index (χ2n) is 3.83. The third-order valence-corrected chi connectivity index (χ3v) is 3.28. The van der Waals surface area contributed by atoms with Gasteiger partial charge in [0.05, 0.1) is 17.1 Å². The molecule has 0 bridgehead atoms. The molecule has 0 spiro atoms. The summed E-state index contributed by atoms with van der Waals surface area (Å²) in [6.45, 7) is -0.0607. The Morgan fingerprint density at radius 1 is 1.44 bits per heavy atom. The lowest BCUT2D eigenvalue weighted by atomic mass is 9.76. The van der Waals surface area contributed by atoms with Crippen molar-refractivity contribution in [2.45, 2.75) is 5.41 Å². The molecule has 0 radical (unpaired) electrons. The van der Waals surface area contributed by atoms with E-state index in [-0.39, 0.29) is 17.7 Å². The van der Waals surface area contributed by atoms with Crippen molar-refractivity contribution in [2.75, 3.05) is 6.54 Å². The fourth-order valence-electron chi connectivity index (χ4n) is 1.91. The van der Waals surface area contributed by atoms with E-state index < -0.39 is 22.1 Å². The smallest absolute Gasteiger partial charge is 0.149 e. The van der Waals surface area contributed by atoms with E-state index in [1.165, 1.54) is 18.5 Å². The van der Waals surface area contributed by atoms with E-state index in [1.54, 1.807) is 0 Å². The lowest BCUT2D eigenvalue weighted by Gasteiger charge is -2.26. The zero-order valence-corrected chi connectivity index (χ0v) is 9.88. The molecular weight excluding hydrogens is 260 g/mol. The first-order valence-electron chi connectivity index (χ1n) is 5.06. The lowest BCUT2D eigenvalue weighted by Crippen LogP contribution is -2.37. The van der Waals surface area contributed by atoms with Gasteiger partial charge in [0.15, 0.2) is 0 Å². The molecule has 1 atom stereocenters. The molecule has 3 nitrogen and oxygen atoms in total. The highest BCUT2D eigenvalue weighted by Gasteiger charge is 2.39. The van der Waals surface area contributed by atoms with Gasteiger partial charge in [-0.05, 0) is 6.07 Å². The Labute approximate surface area is 107 Å². The minimum Gasteiger partial charge on any atom is -0.329 e. The molecule has 2 N–H and O–H groups in total. The number of benzene rings is 1. The van der Waals surface area contributed by atoms with Gasteiger partial charge in [0.25, 0.3) is 0 Å². The Morgan fingerprint density at radius 3 is 2.78 bits per heavy atom. The first-order chi connectivity index (χ1) is 8.56. The molecule has 0 aromatic heterocycles. The molecule has 0 saturated heterocycles. The van der Waals surface area contributed by atoms with Crippen LogP contribution >= 0.6 is 11.6 Å². The van der Waals surface area contributed by atoms with Gasteiger partial charge in [-0.1, -0.05) is 17.7 Å². The van der Waals surface area contributed by atoms with Crippen LogP contribution < -0.4 is 5.73 Å². The third kappa shape index (κ3) is 1.62. The Kier molecular flexibility index (Phi) is 3.16. The highest BCUT2D eigenvalue weighted by molar-refractivity contribution is 6.31. The minimum absolute atomic E-state index is 0.0467. The monoisotopic (exact) mass is 267 g/mol. The van der Waals surface area contributed by atoms with Crippen LogP contribution in [0.4, 0.5) is 8.78 Å². The molecule has 0 fully saturated rings. The van der Waals surface area contributed by atoms with Crippen molar-refractivity contribution >= 4 is 17.8 Å². The van der Waals surface area contributed by atoms with Gasteiger partial charge in [-0.3, -0.25) is 4.99 Å². The summed E-state index contributed by atoms with van der Waals surface area (Å²) in [5, 5.41) is 8.41. The molecule has 1 aliphatic heterocycles. The average molecular weight is 268 g/mol. The van der Waals surface area contributed by atoms with Crippen LogP contribution in [0.15, 0.2) is 28.9 Å². The summed E-state index contributed by atoms with van der Waals surface area (Å²) < 4.78 is 27.2. The van der Waals surface area contributed by atoms with Crippen molar-refractivity contribution < 1.29 is 8.78 Å². The number of halogens is 3. The van der Waals surface area contributed by atoms with Gasteiger partial charge in [-0.15, -0.1) is 0 Å². The fraction of sp³-hybridized carbons (Fsp3) is 0.167. The van der Waals surface area contributed by atoms with Crippen LogP contribution in [-0.2, 0) is 5.41 Å². The second kappa shape index (κ2) is 4.48. The van der Waals surface area contributed by atoms with Crippen LogP contribution in [-0.4, -0.2) is 12.8 Å². The van der Waals surface area contributed by atoms with E-state index in [0.717, 1.165) is 6.07 Å². The van der Waals surface area contributed by atoms with Crippen molar-refractivity contribution in [1.29, 1.82) is 5.26 Å². The van der Waals surface area contributed by atoms with Crippen LogP contribution in [0.25, 0.3) is 0 Å². The van der Waals surface area contributed by atoms with Gasteiger partial charge in [-0.2, -0.15) is 5.26 Å². The normalized spacial score (nSPS) is 21.8. The molecule has 1 aromatic carbocycles. The van der Waals surface area contributed by atoms with Crippen LogP contribution in [0.1, 0.15) is 5.56 Å². The molecule has 1 heterocycles. The largest absolute Gasteiger partial charge is 0.329 e. The highest BCUT2D eigenvalue weighted by atomic mass is 35.5. The predicted molar refractivity (Wildman–Crippen MR) is 64.3 cm³/mol. The first kappa shape index (κ1) is 12.7. The summed E-state index contributed by atoms with van der Waals surface area (Å²) >= 11 is 5.53. The Hall–Kier alpha value is -1.77. The maximum absolute atomic E-state index is 14.0. The number of hydrogen-bond donors (Lipinski definition) is 1. The van der Waals surface area contributed by atoms with Gasteiger partial charge in [-0.25, -0.2) is 8.78 Å². The number of rotatable bonds is 2. The van der Waals surface area contributed by atoms with Crippen LogP contribution in [0.2, 0.25) is 5.02 Å². The molecule has 18 heavy (non-hydrogen) atoms. The zero-order chi connectivity index (χ0) is 13.3. The Bertz CT molecular complexity index is 604. The molecule has 2 rings (SSSR count). The molecule has 92 valence electrons. The first-order valence-corrected chi connectivity index (χ1v) is 5.43. The quantitative estimate of drug-likeness (QED) is 0.836. The molecule has 0 saturated carbocycles. The summed E-state index contributed by atoms with van der Waals surface area (Å²) in [6, 6.07) is 4.19. The summed E-state index contributed by atoms with van der Waals surface area (Å²) in [4.78, 5) is 3.84. The topological polar surface area (TPSA) is 62.2 Å². The average Bonchev–Trinajstić information content (AvgIpc) is 2.80. The molecule has 1 aliphatic rings. The van der Waals surface area contributed by atoms with Crippen LogP contribution in [0.3, 0.4) is 0 Å². The summed E-state index contributed by atoms with van der Waals surface area (Å²) in [7, 11) is 0. The van der Waals surface area contributed by atoms with E-state index >= 15 is 0 Å². The summed E-state index contributed by atoms with van der Waals surface area (Å²) in [6.07, 6.45) is 2.68. The van der Waals surface area contributed by atoms with Crippen LogP contribution in [0, 0.1) is 23.0 Å². The Morgan fingerprint density at radius 2 is 2.17 bits per heavy atom. The number of nitrogens with zero attached hydrogens (tertiary/aromatic N) is 2. The number of hydrogen-bond acceptors (Lipinski definition) is 3. The van der Waals surface area contributed by atoms with Gasteiger partial charge < -0.3 is 5.73 Å². The zero-order valence-electron chi connectivity index (χ0n) is 9.12. The van der Waals surface area contributed by atoms with Crippen LogP contribution in [0.5, 0.6) is 0 Å². The van der Waals surface area contributed by atoms with E-state index in [2.05, 4.69) is 4.99 Å². The minimum atomic E-state index is -1.17. The molecule has 6 heteroatoms. The van der Waals surface area contributed by atoms with Crippen molar-refractivity contribution in [2.24, 2.45) is 10.7 Å². The number of nitrogens with two attached hydrogens (primary N) is 1. The maximum Gasteiger partial charge on any atom is 0.149 e. The van der Waals surface area contributed by atoms with Gasteiger partial charge in [0.1, 0.15) is 16.7 Å². The van der Waals surface area contributed by atoms with Crippen molar-refractivity contribution in [3.63, 3.8) is 0 Å². The van der Waals surface area contributed by atoms with E-state index in [0.29, 0.717) is 0 Å². The van der Waals surface area contributed by atoms with E-state index in [1.807, 2.05) is 6.07 Å². The third-order valence-electron chi connectivity index (χ3n) is 2.94. The number of aliphatic imine (C=N–C) groups is 1. The SMILES string of the molecule is N#CC1=CN=CC1(CN)c1ccc(F)c(Cl)c1F. The lowest BCUT2D eigenvalue weighted by molar-refractivity contribution is 0.553. The second-order valence-corrected chi connectivity index (χ2v) is 4.21. The van der Waals surface area contributed by atoms with Crippen molar-refractivity contribution in [3.05, 3.63) is 46.1 Å². The highest BCUT2D eigenvalue weighted by Crippen LogP contribution is 2.37. The van der Waals surface area contributed by atoms with E-state index in [4.69, 9.17) is 22.6 Å². The Balaban J connectivity index is 2.68. The molecule has 1 unspecified atom stereocenters. The fourth-order valence-corrected chi connectivity index (χ4v) is 2.07. The van der Waals surface area contributed by atoms with Gasteiger partial charge >= 0.3 is 0 Å². The van der Waals surface area contributed by atoms with Gasteiger partial charge in [0.2, 0.25) is 0 Å². The molecule has 1 aromatic rings. The van der Waals surface area contributed by atoms with Gasteiger partial charge in [0, 0.05) is 24.5 Å². The predicted octanol–water partition coefficient (Wildman–Crippen LogP) is 2.31. The standard InChI is InChI=1S/C12H8ClF2N3/c13-10-9(14)2-1-8(11(10)15)12(5-17)6-18-4-7(12)3-16/h1-2,4,6H,5,17H2. The molecular formula is C12H8ClF2N3. The molecule has 0 aliphatic carbocycles. The van der Waals surface area contributed by atoms with E-state index in [9.17, 15) is 8.78 Å². The molecule has 0 amide bonds. The number of nitriles is 1. The van der Waals surface area contributed by atoms with Crippen molar-refractivity contribution in [3.8, 4) is 6.07 Å². The summed E-state index contributed by atoms with van der Waals surface area (Å²) in [5.74, 6) is -1.78. The summed E-state index contributed by atoms with van der Waals surface area (Å²) in [5.41, 5.74) is 4.71. The van der Waals surface area contributed by atoms with Crippen molar-refractivity contribution in [1.82, 2.24) is 0 Å². The maximum atomic E-state index is 14.0.